The molecule has 0 aliphatic heterocycles. The molecule has 1 aromatic rings. The van der Waals surface area contributed by atoms with E-state index in [1.807, 2.05) is 0 Å². The van der Waals surface area contributed by atoms with Gasteiger partial charge in [-0.3, -0.25) is 4.90 Å². The van der Waals surface area contributed by atoms with Crippen LogP contribution < -0.4 is 5.32 Å². The second-order valence-electron chi connectivity index (χ2n) is 5.93. The highest BCUT2D eigenvalue weighted by molar-refractivity contribution is 5.20. The fourth-order valence-electron chi connectivity index (χ4n) is 2.96. The minimum atomic E-state index is 0.414. The molecule has 0 saturated heterocycles. The summed E-state index contributed by atoms with van der Waals surface area (Å²) in [6.07, 6.45) is 2.82. The zero-order valence-corrected chi connectivity index (χ0v) is 12.8. The van der Waals surface area contributed by atoms with Gasteiger partial charge in [-0.25, -0.2) is 0 Å². The quantitative estimate of drug-likeness (QED) is 0.807. The first-order chi connectivity index (χ1) is 9.15. The van der Waals surface area contributed by atoms with E-state index in [2.05, 4.69) is 68.4 Å². The number of nitrogens with zero attached hydrogens (tertiary/aromatic N) is 1. The van der Waals surface area contributed by atoms with Crippen molar-refractivity contribution in [3.8, 4) is 0 Å². The summed E-state index contributed by atoms with van der Waals surface area (Å²) in [6.45, 7) is 7.92. The Morgan fingerprint density at radius 1 is 1.21 bits per heavy atom. The van der Waals surface area contributed by atoms with Crippen LogP contribution in [0.1, 0.15) is 45.2 Å². The summed E-state index contributed by atoms with van der Waals surface area (Å²) >= 11 is 0. The van der Waals surface area contributed by atoms with Crippen LogP contribution in [-0.2, 0) is 0 Å². The van der Waals surface area contributed by atoms with Crippen molar-refractivity contribution in [1.29, 1.82) is 0 Å². The normalized spacial score (nSPS) is 20.3. The molecule has 106 valence electrons. The lowest BCUT2D eigenvalue weighted by atomic mass is 9.97. The van der Waals surface area contributed by atoms with Gasteiger partial charge in [0.1, 0.15) is 0 Å². The summed E-state index contributed by atoms with van der Waals surface area (Å²) in [5.74, 6) is 0.922. The van der Waals surface area contributed by atoms with Crippen LogP contribution in [0.3, 0.4) is 0 Å². The minimum absolute atomic E-state index is 0.414. The Morgan fingerprint density at radius 2 is 1.84 bits per heavy atom. The van der Waals surface area contributed by atoms with Gasteiger partial charge in [-0.1, -0.05) is 37.3 Å². The van der Waals surface area contributed by atoms with E-state index in [0.29, 0.717) is 18.1 Å². The van der Waals surface area contributed by atoms with Crippen LogP contribution in [0.2, 0.25) is 0 Å². The van der Waals surface area contributed by atoms with Crippen molar-refractivity contribution < 1.29 is 0 Å². The van der Waals surface area contributed by atoms with Gasteiger partial charge >= 0.3 is 0 Å². The average Bonchev–Trinajstić information content (AvgIpc) is 3.28. The average molecular weight is 260 g/mol. The molecular formula is C17H28N2. The van der Waals surface area contributed by atoms with Gasteiger partial charge in [0, 0.05) is 18.1 Å². The van der Waals surface area contributed by atoms with Crippen molar-refractivity contribution in [3.05, 3.63) is 35.9 Å². The number of hydrogen-bond donors (Lipinski definition) is 1. The Balaban J connectivity index is 2.09. The molecule has 3 unspecified atom stereocenters. The van der Waals surface area contributed by atoms with Crippen molar-refractivity contribution in [2.24, 2.45) is 5.92 Å². The minimum Gasteiger partial charge on any atom is -0.309 e. The van der Waals surface area contributed by atoms with Gasteiger partial charge in [0.15, 0.2) is 0 Å². The smallest absolute Gasteiger partial charge is 0.0475 e. The first-order valence-corrected chi connectivity index (χ1v) is 7.65. The number of hydrogen-bond acceptors (Lipinski definition) is 2. The predicted molar refractivity (Wildman–Crippen MR) is 82.3 cm³/mol. The van der Waals surface area contributed by atoms with Crippen LogP contribution in [0, 0.1) is 5.92 Å². The summed E-state index contributed by atoms with van der Waals surface area (Å²) in [5, 5.41) is 3.65. The third kappa shape index (κ3) is 3.58. The zero-order valence-electron chi connectivity index (χ0n) is 12.8. The standard InChI is InChI=1S/C17H28N2/c1-5-18-17(16-9-7-6-8-10-16)14(3)19(4)13(2)15-11-12-15/h6-10,13-15,17-18H,5,11-12H2,1-4H3. The number of likely N-dealkylation sites (N-methyl/N-ethyl adjacent to an activating group) is 2. The zero-order chi connectivity index (χ0) is 13.8. The van der Waals surface area contributed by atoms with E-state index in [-0.39, 0.29) is 0 Å². The molecule has 3 atom stereocenters. The van der Waals surface area contributed by atoms with E-state index in [0.717, 1.165) is 12.5 Å². The number of benzene rings is 1. The topological polar surface area (TPSA) is 15.3 Å². The van der Waals surface area contributed by atoms with E-state index in [4.69, 9.17) is 0 Å². The molecule has 1 aliphatic rings. The summed E-state index contributed by atoms with van der Waals surface area (Å²) in [4.78, 5) is 2.55. The Hall–Kier alpha value is -0.860. The fourth-order valence-corrected chi connectivity index (χ4v) is 2.96. The van der Waals surface area contributed by atoms with Crippen molar-refractivity contribution in [1.82, 2.24) is 10.2 Å². The van der Waals surface area contributed by atoms with Crippen molar-refractivity contribution in [2.45, 2.75) is 51.7 Å². The van der Waals surface area contributed by atoms with E-state index in [9.17, 15) is 0 Å². The number of nitrogens with one attached hydrogen (secondary N) is 1. The Labute approximate surface area is 118 Å². The lowest BCUT2D eigenvalue weighted by Crippen LogP contribution is -2.45. The summed E-state index contributed by atoms with van der Waals surface area (Å²) < 4.78 is 0. The van der Waals surface area contributed by atoms with Crippen LogP contribution in [-0.4, -0.2) is 30.6 Å². The molecule has 1 saturated carbocycles. The second kappa shape index (κ2) is 6.53. The van der Waals surface area contributed by atoms with Gasteiger partial charge in [-0.05, 0) is 51.8 Å². The van der Waals surface area contributed by atoms with Gasteiger partial charge in [-0.15, -0.1) is 0 Å². The molecule has 19 heavy (non-hydrogen) atoms. The molecule has 1 N–H and O–H groups in total. The van der Waals surface area contributed by atoms with Gasteiger partial charge in [-0.2, -0.15) is 0 Å². The van der Waals surface area contributed by atoms with Crippen LogP contribution in [0.25, 0.3) is 0 Å². The molecule has 0 spiro atoms. The third-order valence-corrected chi connectivity index (χ3v) is 4.65. The van der Waals surface area contributed by atoms with E-state index < -0.39 is 0 Å². The number of rotatable bonds is 7. The monoisotopic (exact) mass is 260 g/mol. The first kappa shape index (κ1) is 14.5. The second-order valence-corrected chi connectivity index (χ2v) is 5.93. The van der Waals surface area contributed by atoms with E-state index >= 15 is 0 Å². The molecule has 0 radical (unpaired) electrons. The van der Waals surface area contributed by atoms with Crippen molar-refractivity contribution in [2.75, 3.05) is 13.6 Å². The van der Waals surface area contributed by atoms with Crippen LogP contribution in [0.5, 0.6) is 0 Å². The summed E-state index contributed by atoms with van der Waals surface area (Å²) in [7, 11) is 2.28. The maximum atomic E-state index is 3.65. The van der Waals surface area contributed by atoms with Gasteiger partial charge in [0.2, 0.25) is 0 Å². The van der Waals surface area contributed by atoms with E-state index in [1.165, 1.54) is 18.4 Å². The van der Waals surface area contributed by atoms with Crippen LogP contribution in [0.15, 0.2) is 30.3 Å². The maximum absolute atomic E-state index is 3.65. The fraction of sp³-hybridized carbons (Fsp3) is 0.647. The van der Waals surface area contributed by atoms with E-state index in [1.54, 1.807) is 0 Å². The molecule has 1 aromatic carbocycles. The van der Waals surface area contributed by atoms with Gasteiger partial charge in [0.05, 0.1) is 0 Å². The molecule has 0 aromatic heterocycles. The van der Waals surface area contributed by atoms with Crippen LogP contribution >= 0.6 is 0 Å². The highest BCUT2D eigenvalue weighted by atomic mass is 15.2. The summed E-state index contributed by atoms with van der Waals surface area (Å²) in [6, 6.07) is 12.5. The Bertz CT molecular complexity index is 372. The highest BCUT2D eigenvalue weighted by Gasteiger charge is 2.34. The molecule has 2 heteroatoms. The van der Waals surface area contributed by atoms with Crippen molar-refractivity contribution >= 4 is 0 Å². The molecule has 0 amide bonds. The lowest BCUT2D eigenvalue weighted by molar-refractivity contribution is 0.145. The SMILES string of the molecule is CCNC(c1ccccc1)C(C)N(C)C(C)C1CC1. The molecule has 0 bridgehead atoms. The maximum Gasteiger partial charge on any atom is 0.0475 e. The Kier molecular flexibility index (Phi) is 5.00. The largest absolute Gasteiger partial charge is 0.309 e. The van der Waals surface area contributed by atoms with Crippen LogP contribution in [0.4, 0.5) is 0 Å². The lowest BCUT2D eigenvalue weighted by Gasteiger charge is -2.37. The molecule has 2 nitrogen and oxygen atoms in total. The molecule has 1 fully saturated rings. The summed E-state index contributed by atoms with van der Waals surface area (Å²) in [5.41, 5.74) is 1.40. The van der Waals surface area contributed by atoms with Gasteiger partial charge in [0.25, 0.3) is 0 Å². The molecule has 0 heterocycles. The van der Waals surface area contributed by atoms with Gasteiger partial charge < -0.3 is 5.32 Å². The van der Waals surface area contributed by atoms with Crippen molar-refractivity contribution in [3.63, 3.8) is 0 Å². The molecule has 2 rings (SSSR count). The predicted octanol–water partition coefficient (Wildman–Crippen LogP) is 3.46. The molecular weight excluding hydrogens is 232 g/mol. The Morgan fingerprint density at radius 3 is 2.37 bits per heavy atom. The highest BCUT2D eigenvalue weighted by Crippen LogP contribution is 2.36. The molecule has 1 aliphatic carbocycles. The first-order valence-electron chi connectivity index (χ1n) is 7.65. The third-order valence-electron chi connectivity index (χ3n) is 4.65.